The summed E-state index contributed by atoms with van der Waals surface area (Å²) in [4.78, 5) is 33.4. The number of aromatic carboxylic acids is 1. The van der Waals surface area contributed by atoms with E-state index in [1.54, 1.807) is 0 Å². The lowest BCUT2D eigenvalue weighted by Crippen LogP contribution is -2.35. The van der Waals surface area contributed by atoms with Gasteiger partial charge in [-0.25, -0.2) is 4.79 Å². The van der Waals surface area contributed by atoms with Gasteiger partial charge in [0.25, 0.3) is 5.91 Å². The van der Waals surface area contributed by atoms with Crippen LogP contribution in [0.4, 0.5) is 0 Å². The fourth-order valence-electron chi connectivity index (χ4n) is 1.67. The van der Waals surface area contributed by atoms with E-state index in [-0.39, 0.29) is 36.2 Å². The number of ether oxygens (including phenoxy) is 1. The Labute approximate surface area is 103 Å². The van der Waals surface area contributed by atoms with Gasteiger partial charge >= 0.3 is 11.9 Å². The number of cyclic esters (lactones) is 1. The van der Waals surface area contributed by atoms with Crippen molar-refractivity contribution in [3.63, 3.8) is 0 Å². The van der Waals surface area contributed by atoms with Crippen LogP contribution in [0.2, 0.25) is 0 Å². The molecule has 1 atom stereocenters. The van der Waals surface area contributed by atoms with Crippen molar-refractivity contribution >= 4 is 17.8 Å². The molecule has 18 heavy (non-hydrogen) atoms. The summed E-state index contributed by atoms with van der Waals surface area (Å²) in [7, 11) is 0. The minimum absolute atomic E-state index is 0.0430. The lowest BCUT2D eigenvalue weighted by atomic mass is 10.1. The lowest BCUT2D eigenvalue weighted by molar-refractivity contribution is -0.137. The highest BCUT2D eigenvalue weighted by molar-refractivity contribution is 5.97. The van der Waals surface area contributed by atoms with Gasteiger partial charge in [0.1, 0.15) is 6.61 Å². The number of amides is 1. The third-order valence-corrected chi connectivity index (χ3v) is 2.57. The number of hydrogen-bond acceptors (Lipinski definition) is 4. The van der Waals surface area contributed by atoms with Crippen LogP contribution in [0.5, 0.6) is 0 Å². The summed E-state index contributed by atoms with van der Waals surface area (Å²) in [6, 6.07) is 5.35. The molecule has 2 rings (SSSR count). The Hall–Kier alpha value is -2.37. The molecule has 1 heterocycles. The summed E-state index contributed by atoms with van der Waals surface area (Å²) in [5, 5.41) is 11.4. The highest BCUT2D eigenvalue weighted by Crippen LogP contribution is 2.09. The van der Waals surface area contributed by atoms with Crippen LogP contribution < -0.4 is 5.32 Å². The van der Waals surface area contributed by atoms with Crippen LogP contribution in [0.25, 0.3) is 0 Å². The maximum absolute atomic E-state index is 11.8. The number of rotatable bonds is 3. The number of carboxylic acid groups (broad SMARTS) is 1. The number of carbonyl (C=O) groups excluding carboxylic acids is 2. The maximum atomic E-state index is 11.8. The first-order valence-electron chi connectivity index (χ1n) is 5.36. The number of carbonyl (C=O) groups is 3. The van der Waals surface area contributed by atoms with Gasteiger partial charge in [-0.15, -0.1) is 0 Å². The maximum Gasteiger partial charge on any atom is 0.335 e. The van der Waals surface area contributed by atoms with Crippen molar-refractivity contribution in [2.24, 2.45) is 0 Å². The third kappa shape index (κ3) is 2.65. The zero-order valence-corrected chi connectivity index (χ0v) is 9.38. The van der Waals surface area contributed by atoms with Gasteiger partial charge in [0, 0.05) is 5.56 Å². The molecule has 0 spiro atoms. The van der Waals surface area contributed by atoms with Crippen molar-refractivity contribution in [1.29, 1.82) is 0 Å². The minimum atomic E-state index is -1.09. The second kappa shape index (κ2) is 4.87. The Morgan fingerprint density at radius 2 is 2.06 bits per heavy atom. The summed E-state index contributed by atoms with van der Waals surface area (Å²) in [5.74, 6) is -1.86. The first-order chi connectivity index (χ1) is 8.56. The first kappa shape index (κ1) is 12.1. The van der Waals surface area contributed by atoms with Crippen LogP contribution in [0, 0.1) is 0 Å². The molecule has 0 bridgehead atoms. The van der Waals surface area contributed by atoms with Crippen molar-refractivity contribution in [2.75, 3.05) is 6.61 Å². The quantitative estimate of drug-likeness (QED) is 0.758. The van der Waals surface area contributed by atoms with Crippen LogP contribution in [0.1, 0.15) is 27.1 Å². The van der Waals surface area contributed by atoms with Crippen molar-refractivity contribution in [2.45, 2.75) is 12.5 Å². The van der Waals surface area contributed by atoms with Crippen LogP contribution in [-0.4, -0.2) is 35.6 Å². The second-order valence-electron chi connectivity index (χ2n) is 3.94. The molecule has 2 N–H and O–H groups in total. The molecule has 1 aliphatic rings. The smallest absolute Gasteiger partial charge is 0.335 e. The number of esters is 1. The molecule has 1 aromatic rings. The van der Waals surface area contributed by atoms with Crippen LogP contribution in [-0.2, 0) is 9.53 Å². The van der Waals surface area contributed by atoms with Gasteiger partial charge in [0.2, 0.25) is 0 Å². The molecule has 1 aliphatic heterocycles. The second-order valence-corrected chi connectivity index (χ2v) is 3.94. The molecular weight excluding hydrogens is 238 g/mol. The Morgan fingerprint density at radius 3 is 2.67 bits per heavy atom. The zero-order valence-electron chi connectivity index (χ0n) is 9.38. The van der Waals surface area contributed by atoms with Gasteiger partial charge in [-0.1, -0.05) is 6.07 Å². The molecule has 0 saturated carbocycles. The molecule has 6 nitrogen and oxygen atoms in total. The van der Waals surface area contributed by atoms with Gasteiger partial charge in [-0.2, -0.15) is 0 Å². The van der Waals surface area contributed by atoms with E-state index in [2.05, 4.69) is 5.32 Å². The monoisotopic (exact) mass is 249 g/mol. The number of nitrogens with one attached hydrogen (secondary N) is 1. The average Bonchev–Trinajstić information content (AvgIpc) is 2.75. The molecule has 1 fully saturated rings. The molecule has 0 unspecified atom stereocenters. The van der Waals surface area contributed by atoms with E-state index in [1.807, 2.05) is 0 Å². The van der Waals surface area contributed by atoms with E-state index in [0.717, 1.165) is 0 Å². The molecular formula is C12H11NO5. The van der Waals surface area contributed by atoms with Crippen molar-refractivity contribution in [3.8, 4) is 0 Å². The number of benzene rings is 1. The standard InChI is InChI=1S/C12H11NO5/c14-10-5-9(6-18-10)13-11(15)7-2-1-3-8(4-7)12(16)17/h1-4,9H,5-6H2,(H,13,15)(H,16,17)/t9-/m0/s1. The predicted octanol–water partition coefficient (Wildman–Crippen LogP) is 0.430. The molecule has 1 aromatic carbocycles. The van der Waals surface area contributed by atoms with Crippen molar-refractivity contribution in [1.82, 2.24) is 5.32 Å². The van der Waals surface area contributed by atoms with Crippen molar-refractivity contribution in [3.05, 3.63) is 35.4 Å². The van der Waals surface area contributed by atoms with Crippen molar-refractivity contribution < 1.29 is 24.2 Å². The fraction of sp³-hybridized carbons (Fsp3) is 0.250. The summed E-state index contributed by atoms with van der Waals surface area (Å²) in [6.07, 6.45) is 0.143. The van der Waals surface area contributed by atoms with E-state index >= 15 is 0 Å². The molecule has 0 aromatic heterocycles. The topological polar surface area (TPSA) is 92.7 Å². The molecule has 1 saturated heterocycles. The lowest BCUT2D eigenvalue weighted by Gasteiger charge is -2.09. The fourth-order valence-corrected chi connectivity index (χ4v) is 1.67. The minimum Gasteiger partial charge on any atom is -0.478 e. The van der Waals surface area contributed by atoms with E-state index in [9.17, 15) is 14.4 Å². The Balaban J connectivity index is 2.06. The number of carboxylic acids is 1. The van der Waals surface area contributed by atoms with E-state index in [0.29, 0.717) is 0 Å². The highest BCUT2D eigenvalue weighted by Gasteiger charge is 2.25. The highest BCUT2D eigenvalue weighted by atomic mass is 16.5. The van der Waals surface area contributed by atoms with Gasteiger partial charge in [-0.3, -0.25) is 9.59 Å². The Kier molecular flexibility index (Phi) is 3.27. The summed E-state index contributed by atoms with van der Waals surface area (Å²) in [5.41, 5.74) is 0.288. The molecule has 1 amide bonds. The normalized spacial score (nSPS) is 18.2. The van der Waals surface area contributed by atoms with Crippen LogP contribution in [0.15, 0.2) is 24.3 Å². The third-order valence-electron chi connectivity index (χ3n) is 2.57. The van der Waals surface area contributed by atoms with E-state index in [1.165, 1.54) is 24.3 Å². The molecule has 0 aliphatic carbocycles. The van der Waals surface area contributed by atoms with Gasteiger partial charge in [0.05, 0.1) is 18.0 Å². The summed E-state index contributed by atoms with van der Waals surface area (Å²) < 4.78 is 4.72. The molecule has 0 radical (unpaired) electrons. The van der Waals surface area contributed by atoms with Crippen LogP contribution >= 0.6 is 0 Å². The van der Waals surface area contributed by atoms with E-state index in [4.69, 9.17) is 9.84 Å². The zero-order chi connectivity index (χ0) is 13.1. The van der Waals surface area contributed by atoms with Gasteiger partial charge < -0.3 is 15.2 Å². The first-order valence-corrected chi connectivity index (χ1v) is 5.36. The number of hydrogen-bond donors (Lipinski definition) is 2. The van der Waals surface area contributed by atoms with Crippen LogP contribution in [0.3, 0.4) is 0 Å². The Bertz CT molecular complexity index is 511. The summed E-state index contributed by atoms with van der Waals surface area (Å²) >= 11 is 0. The largest absolute Gasteiger partial charge is 0.478 e. The SMILES string of the molecule is O=C1C[C@H](NC(=O)c2cccc(C(=O)O)c2)CO1. The predicted molar refractivity (Wildman–Crippen MR) is 60.2 cm³/mol. The summed E-state index contributed by atoms with van der Waals surface area (Å²) in [6.45, 7) is 0.156. The van der Waals surface area contributed by atoms with Gasteiger partial charge in [-0.05, 0) is 18.2 Å². The Morgan fingerprint density at radius 1 is 1.33 bits per heavy atom. The molecule has 6 heteroatoms. The van der Waals surface area contributed by atoms with Gasteiger partial charge in [0.15, 0.2) is 0 Å². The average molecular weight is 249 g/mol. The molecule has 94 valence electrons. The van der Waals surface area contributed by atoms with E-state index < -0.39 is 11.9 Å².